The van der Waals surface area contributed by atoms with Gasteiger partial charge >= 0.3 is 0 Å². The van der Waals surface area contributed by atoms with Crippen molar-refractivity contribution in [3.05, 3.63) is 81.2 Å². The zero-order valence-electron chi connectivity index (χ0n) is 31.2. The lowest BCUT2D eigenvalue weighted by molar-refractivity contribution is 0.311. The Balaban J connectivity index is 0.000000165. The second-order valence-corrected chi connectivity index (χ2v) is 16.1. The summed E-state index contributed by atoms with van der Waals surface area (Å²) in [5, 5.41) is 13.4. The maximum Gasteiger partial charge on any atom is 0.228 e. The number of piperazine rings is 2. The predicted octanol–water partition coefficient (Wildman–Crippen LogP) is 6.11. The average molecular weight is 751 g/mol. The van der Waals surface area contributed by atoms with E-state index in [1.54, 1.807) is 28.9 Å². The van der Waals surface area contributed by atoms with Crippen molar-refractivity contribution < 1.29 is 0 Å². The van der Waals surface area contributed by atoms with Crippen LogP contribution >= 0.6 is 22.7 Å². The van der Waals surface area contributed by atoms with Crippen molar-refractivity contribution in [3.8, 4) is 0 Å². The molecule has 2 fully saturated rings. The molecule has 6 aromatic heterocycles. The Morgan fingerprint density at radius 2 is 1.19 bits per heavy atom. The van der Waals surface area contributed by atoms with Crippen LogP contribution in [0.5, 0.6) is 0 Å². The van der Waals surface area contributed by atoms with Crippen molar-refractivity contribution in [1.29, 1.82) is 0 Å². The van der Waals surface area contributed by atoms with Gasteiger partial charge in [-0.2, -0.15) is 9.97 Å². The van der Waals surface area contributed by atoms with Crippen molar-refractivity contribution in [2.45, 2.75) is 32.6 Å². The van der Waals surface area contributed by atoms with E-state index in [0.29, 0.717) is 5.92 Å². The van der Waals surface area contributed by atoms with Gasteiger partial charge in [-0.1, -0.05) is 26.0 Å². The molecule has 0 unspecified atom stereocenters. The molecule has 0 saturated carbocycles. The van der Waals surface area contributed by atoms with Crippen LogP contribution in [0.2, 0.25) is 0 Å². The Hall–Kier alpha value is -4.50. The van der Waals surface area contributed by atoms with Crippen molar-refractivity contribution >= 4 is 68.0 Å². The molecule has 2 aliphatic heterocycles. The number of likely N-dealkylation sites (N-methyl/N-ethyl adjacent to an activating group) is 2. The molecule has 278 valence electrons. The summed E-state index contributed by atoms with van der Waals surface area (Å²) in [5.41, 5.74) is 2.88. The smallest absolute Gasteiger partial charge is 0.228 e. The highest BCUT2D eigenvalue weighted by atomic mass is 32.1. The molecule has 8 rings (SSSR count). The average Bonchev–Trinajstić information content (AvgIpc) is 3.91. The number of hydrogen-bond acceptors (Lipinski definition) is 14. The summed E-state index contributed by atoms with van der Waals surface area (Å²) in [6.07, 6.45) is 7.51. The number of thiophene rings is 2. The Morgan fingerprint density at radius 3 is 1.70 bits per heavy atom. The Morgan fingerprint density at radius 1 is 0.660 bits per heavy atom. The largest absolute Gasteiger partial charge is 0.369 e. The number of anilines is 4. The van der Waals surface area contributed by atoms with Gasteiger partial charge in [0.05, 0.1) is 23.4 Å². The summed E-state index contributed by atoms with van der Waals surface area (Å²) in [7, 11) is 4.31. The number of nitrogens with one attached hydrogen (secondary N) is 2. The molecule has 2 saturated heterocycles. The molecule has 0 spiro atoms. The van der Waals surface area contributed by atoms with Crippen LogP contribution in [-0.4, -0.2) is 119 Å². The van der Waals surface area contributed by atoms with Gasteiger partial charge in [-0.3, -0.25) is 9.97 Å². The van der Waals surface area contributed by atoms with Gasteiger partial charge in [-0.15, -0.1) is 22.7 Å². The van der Waals surface area contributed by atoms with Crippen LogP contribution in [0, 0.1) is 0 Å². The van der Waals surface area contributed by atoms with E-state index >= 15 is 0 Å². The predicted molar refractivity (Wildman–Crippen MR) is 221 cm³/mol. The van der Waals surface area contributed by atoms with Crippen molar-refractivity contribution in [2.24, 2.45) is 0 Å². The fourth-order valence-electron chi connectivity index (χ4n) is 6.40. The first-order valence-electron chi connectivity index (χ1n) is 18.6. The van der Waals surface area contributed by atoms with Crippen LogP contribution < -0.4 is 20.4 Å². The Kier molecular flexibility index (Phi) is 12.2. The first-order valence-corrected chi connectivity index (χ1v) is 20.3. The first kappa shape index (κ1) is 36.8. The number of pyridine rings is 2. The van der Waals surface area contributed by atoms with E-state index in [0.717, 1.165) is 129 Å². The van der Waals surface area contributed by atoms with Gasteiger partial charge in [0.1, 0.15) is 11.6 Å². The molecule has 0 atom stereocenters. The maximum atomic E-state index is 4.93. The normalized spacial score (nSPS) is 15.6. The van der Waals surface area contributed by atoms with Gasteiger partial charge in [0.25, 0.3) is 0 Å². The quantitative estimate of drug-likeness (QED) is 0.159. The number of rotatable bonds is 11. The summed E-state index contributed by atoms with van der Waals surface area (Å²) in [4.78, 5) is 40.2. The monoisotopic (exact) mass is 750 g/mol. The van der Waals surface area contributed by atoms with Gasteiger partial charge in [0, 0.05) is 97.9 Å². The second kappa shape index (κ2) is 17.5. The SMILES string of the molecule is CC(C)c1cc2c(NCCc3cccs3)nc(N3CCN(C)CC3)nc2cn1.CN1CCN(c2nc(NCCc3cccs3)c3ccncc3n2)CC1. The molecule has 0 aromatic carbocycles. The molecule has 14 heteroatoms. The minimum Gasteiger partial charge on any atom is -0.369 e. The fraction of sp³-hybridized carbons (Fsp3) is 0.436. The van der Waals surface area contributed by atoms with E-state index in [2.05, 4.69) is 109 Å². The van der Waals surface area contributed by atoms with Crippen molar-refractivity contribution in [2.75, 3.05) is 100.0 Å². The third-order valence-electron chi connectivity index (χ3n) is 9.73. The lowest BCUT2D eigenvalue weighted by Crippen LogP contribution is -2.45. The lowest BCUT2D eigenvalue weighted by atomic mass is 10.1. The van der Waals surface area contributed by atoms with Crippen molar-refractivity contribution in [1.82, 2.24) is 39.7 Å². The van der Waals surface area contributed by atoms with E-state index in [9.17, 15) is 0 Å². The van der Waals surface area contributed by atoms with Gasteiger partial charge in [0.15, 0.2) is 0 Å². The third-order valence-corrected chi connectivity index (χ3v) is 11.6. The Bertz CT molecular complexity index is 2040. The fourth-order valence-corrected chi connectivity index (χ4v) is 7.82. The van der Waals surface area contributed by atoms with Crippen LogP contribution in [-0.2, 0) is 12.8 Å². The summed E-state index contributed by atoms with van der Waals surface area (Å²) in [5.74, 6) is 3.80. The third kappa shape index (κ3) is 9.55. The number of fused-ring (bicyclic) bond motifs is 2. The van der Waals surface area contributed by atoms with Crippen LogP contribution in [0.15, 0.2) is 65.7 Å². The summed E-state index contributed by atoms with van der Waals surface area (Å²) >= 11 is 3.59. The second-order valence-electron chi connectivity index (χ2n) is 14.0. The molecule has 0 radical (unpaired) electrons. The van der Waals surface area contributed by atoms with Crippen molar-refractivity contribution in [3.63, 3.8) is 0 Å². The Labute approximate surface area is 320 Å². The zero-order chi connectivity index (χ0) is 36.6. The van der Waals surface area contributed by atoms with E-state index < -0.39 is 0 Å². The number of hydrogen-bond donors (Lipinski definition) is 2. The number of aromatic nitrogens is 6. The van der Waals surface area contributed by atoms with E-state index in [4.69, 9.17) is 19.9 Å². The van der Waals surface area contributed by atoms with E-state index in [1.165, 1.54) is 9.75 Å². The van der Waals surface area contributed by atoms with E-state index in [-0.39, 0.29) is 0 Å². The highest BCUT2D eigenvalue weighted by Gasteiger charge is 2.20. The molecule has 0 amide bonds. The molecule has 2 N–H and O–H groups in total. The topological polar surface area (TPSA) is 114 Å². The van der Waals surface area contributed by atoms with Crippen LogP contribution in [0.4, 0.5) is 23.5 Å². The van der Waals surface area contributed by atoms with E-state index in [1.807, 2.05) is 18.5 Å². The molecule has 0 bridgehead atoms. The highest BCUT2D eigenvalue weighted by molar-refractivity contribution is 7.10. The molecule has 0 aliphatic carbocycles. The molecule has 6 aromatic rings. The summed E-state index contributed by atoms with van der Waals surface area (Å²) < 4.78 is 0. The standard InChI is InChI=1S/C21H28N6S.C18H22N6S/c1-15(2)18-13-17-19(14-23-18)24-21(27-10-8-26(3)9-11-27)25-20(17)22-7-6-16-5-4-12-28-16;1-23-8-10-24(11-9-23)18-21-16-13-19-6-5-15(16)17(22-18)20-7-4-14-3-2-12-25-14/h4-5,12-15H,6-11H2,1-3H3,(H,22,24,25);2-3,5-6,12-13H,4,7-11H2,1H3,(H,20,21,22). The first-order chi connectivity index (χ1) is 25.9. The molecule has 12 nitrogen and oxygen atoms in total. The summed E-state index contributed by atoms with van der Waals surface area (Å²) in [6.45, 7) is 14.0. The van der Waals surface area contributed by atoms with Gasteiger partial charge in [-0.05, 0) is 67.9 Å². The van der Waals surface area contributed by atoms with Crippen LogP contribution in [0.25, 0.3) is 21.8 Å². The van der Waals surface area contributed by atoms with Gasteiger partial charge < -0.3 is 30.2 Å². The molecular formula is C39H50N12S2. The summed E-state index contributed by atoms with van der Waals surface area (Å²) in [6, 6.07) is 12.7. The van der Waals surface area contributed by atoms with Crippen LogP contribution in [0.3, 0.4) is 0 Å². The van der Waals surface area contributed by atoms with Gasteiger partial charge in [0.2, 0.25) is 11.9 Å². The minimum absolute atomic E-state index is 0.376. The lowest BCUT2D eigenvalue weighted by Gasteiger charge is -2.32. The minimum atomic E-state index is 0.376. The molecule has 8 heterocycles. The van der Waals surface area contributed by atoms with Gasteiger partial charge in [-0.25, -0.2) is 9.97 Å². The maximum absolute atomic E-state index is 4.93. The zero-order valence-corrected chi connectivity index (χ0v) is 32.8. The number of nitrogens with zero attached hydrogens (tertiary/aromatic N) is 10. The van der Waals surface area contributed by atoms with Crippen LogP contribution in [0.1, 0.15) is 35.2 Å². The molecule has 2 aliphatic rings. The highest BCUT2D eigenvalue weighted by Crippen LogP contribution is 2.27. The molecule has 53 heavy (non-hydrogen) atoms. The molecular weight excluding hydrogens is 701 g/mol.